The molecule has 0 bridgehead atoms. The number of aliphatic hydroxyl groups excluding tert-OH is 1. The third-order valence-electron chi connectivity index (χ3n) is 4.31. The van der Waals surface area contributed by atoms with Gasteiger partial charge in [0, 0.05) is 6.07 Å². The predicted octanol–water partition coefficient (Wildman–Crippen LogP) is 2.97. The molecule has 0 spiro atoms. The number of esters is 1. The van der Waals surface area contributed by atoms with Gasteiger partial charge in [0.15, 0.2) is 17.3 Å². The van der Waals surface area contributed by atoms with Crippen LogP contribution in [0.15, 0.2) is 33.5 Å². The standard InChI is InChI=1S/C22H28O8/c1-5-28-20(25)10-16(22-21(26)17(24)9-15(11-23)30-22)14-6-7-18(19(8-14)27-4)29-12-13(2)3/h6-9,13,16,23,26H,5,10-12H2,1-4H3/t16-/m1/s1. The van der Waals surface area contributed by atoms with Gasteiger partial charge in [0.25, 0.3) is 0 Å². The first-order valence-electron chi connectivity index (χ1n) is 9.73. The Bertz CT molecular complexity index is 916. The zero-order chi connectivity index (χ0) is 22.3. The van der Waals surface area contributed by atoms with Crippen LogP contribution in [0.4, 0.5) is 0 Å². The van der Waals surface area contributed by atoms with Crippen molar-refractivity contribution in [2.24, 2.45) is 5.92 Å². The molecule has 0 unspecified atom stereocenters. The maximum Gasteiger partial charge on any atom is 0.306 e. The predicted molar refractivity (Wildman–Crippen MR) is 109 cm³/mol. The number of aromatic hydroxyl groups is 1. The molecule has 1 aromatic carbocycles. The summed E-state index contributed by atoms with van der Waals surface area (Å²) in [6.45, 7) is 5.88. The molecule has 1 atom stereocenters. The number of hydrogen-bond acceptors (Lipinski definition) is 8. The maximum atomic E-state index is 12.2. The number of hydrogen-bond donors (Lipinski definition) is 2. The summed E-state index contributed by atoms with van der Waals surface area (Å²) < 4.78 is 21.8. The van der Waals surface area contributed by atoms with Crippen LogP contribution in [0.1, 0.15) is 50.2 Å². The van der Waals surface area contributed by atoms with Gasteiger partial charge in [-0.15, -0.1) is 0 Å². The number of carbonyl (C=O) groups excluding carboxylic acids is 1. The van der Waals surface area contributed by atoms with Gasteiger partial charge in [-0.25, -0.2) is 0 Å². The molecule has 164 valence electrons. The highest BCUT2D eigenvalue weighted by Gasteiger charge is 2.27. The molecule has 0 aliphatic heterocycles. The molecule has 0 fully saturated rings. The van der Waals surface area contributed by atoms with E-state index in [1.165, 1.54) is 7.11 Å². The fourth-order valence-corrected chi connectivity index (χ4v) is 2.89. The van der Waals surface area contributed by atoms with Gasteiger partial charge in [-0.1, -0.05) is 19.9 Å². The molecule has 0 aliphatic rings. The fourth-order valence-electron chi connectivity index (χ4n) is 2.89. The zero-order valence-corrected chi connectivity index (χ0v) is 17.6. The van der Waals surface area contributed by atoms with E-state index in [2.05, 4.69) is 0 Å². The van der Waals surface area contributed by atoms with Crippen LogP contribution < -0.4 is 14.9 Å². The van der Waals surface area contributed by atoms with Crippen LogP contribution in [0.3, 0.4) is 0 Å². The topological polar surface area (TPSA) is 115 Å². The Morgan fingerprint density at radius 1 is 1.20 bits per heavy atom. The van der Waals surface area contributed by atoms with Crippen molar-refractivity contribution < 1.29 is 33.6 Å². The molecular formula is C22H28O8. The summed E-state index contributed by atoms with van der Waals surface area (Å²) in [6, 6.07) is 6.06. The minimum Gasteiger partial charge on any atom is -0.502 e. The van der Waals surface area contributed by atoms with Crippen LogP contribution in [0.25, 0.3) is 0 Å². The summed E-state index contributed by atoms with van der Waals surface area (Å²) in [5, 5.41) is 19.7. The van der Waals surface area contributed by atoms with Crippen molar-refractivity contribution in [2.75, 3.05) is 20.3 Å². The van der Waals surface area contributed by atoms with E-state index < -0.39 is 29.7 Å². The lowest BCUT2D eigenvalue weighted by atomic mass is 9.91. The molecule has 0 radical (unpaired) electrons. The summed E-state index contributed by atoms with van der Waals surface area (Å²) in [4.78, 5) is 24.3. The Kier molecular flexibility index (Phi) is 8.29. The molecule has 0 saturated carbocycles. The van der Waals surface area contributed by atoms with Gasteiger partial charge in [0.2, 0.25) is 11.2 Å². The Labute approximate surface area is 175 Å². The van der Waals surface area contributed by atoms with Crippen molar-refractivity contribution >= 4 is 5.97 Å². The van der Waals surface area contributed by atoms with E-state index >= 15 is 0 Å². The summed E-state index contributed by atoms with van der Waals surface area (Å²) in [5.41, 5.74) is -0.164. The number of rotatable bonds is 10. The second-order valence-corrected chi connectivity index (χ2v) is 7.12. The third kappa shape index (κ3) is 5.76. The zero-order valence-electron chi connectivity index (χ0n) is 17.6. The molecule has 30 heavy (non-hydrogen) atoms. The number of methoxy groups -OCH3 is 1. The number of ether oxygens (including phenoxy) is 3. The summed E-state index contributed by atoms with van der Waals surface area (Å²) in [7, 11) is 1.49. The van der Waals surface area contributed by atoms with Crippen LogP contribution in [0, 0.1) is 5.92 Å². The van der Waals surface area contributed by atoms with Crippen molar-refractivity contribution in [2.45, 2.75) is 39.7 Å². The third-order valence-corrected chi connectivity index (χ3v) is 4.31. The maximum absolute atomic E-state index is 12.2. The molecule has 1 aromatic heterocycles. The highest BCUT2D eigenvalue weighted by Crippen LogP contribution is 2.38. The summed E-state index contributed by atoms with van der Waals surface area (Å²) >= 11 is 0. The van der Waals surface area contributed by atoms with Crippen LogP contribution in [0.2, 0.25) is 0 Å². The second kappa shape index (κ2) is 10.7. The quantitative estimate of drug-likeness (QED) is 0.564. The molecule has 2 rings (SSSR count). The minimum atomic E-state index is -0.837. The Hall–Kier alpha value is -3.00. The van der Waals surface area contributed by atoms with Crippen molar-refractivity contribution in [1.29, 1.82) is 0 Å². The molecule has 8 heteroatoms. The second-order valence-electron chi connectivity index (χ2n) is 7.12. The molecule has 0 saturated heterocycles. The van der Waals surface area contributed by atoms with Gasteiger partial charge in [-0.2, -0.15) is 0 Å². The first-order chi connectivity index (χ1) is 14.3. The van der Waals surface area contributed by atoms with Crippen LogP contribution >= 0.6 is 0 Å². The van der Waals surface area contributed by atoms with E-state index in [-0.39, 0.29) is 24.5 Å². The molecular weight excluding hydrogens is 392 g/mol. The van der Waals surface area contributed by atoms with Crippen molar-refractivity contribution in [3.63, 3.8) is 0 Å². The van der Waals surface area contributed by atoms with Gasteiger partial charge in [0.1, 0.15) is 12.4 Å². The number of aliphatic hydroxyl groups is 1. The molecule has 0 amide bonds. The van der Waals surface area contributed by atoms with Gasteiger partial charge in [0.05, 0.1) is 32.7 Å². The molecule has 8 nitrogen and oxygen atoms in total. The van der Waals surface area contributed by atoms with Gasteiger partial charge in [-0.05, 0) is 30.5 Å². The first kappa shape index (κ1) is 23.3. The average molecular weight is 420 g/mol. The lowest BCUT2D eigenvalue weighted by molar-refractivity contribution is -0.143. The van der Waals surface area contributed by atoms with Crippen molar-refractivity contribution in [1.82, 2.24) is 0 Å². The Morgan fingerprint density at radius 2 is 1.93 bits per heavy atom. The fraction of sp³-hybridized carbons (Fsp3) is 0.455. The highest BCUT2D eigenvalue weighted by atomic mass is 16.5. The van der Waals surface area contributed by atoms with Crippen LogP contribution in [-0.4, -0.2) is 36.5 Å². The minimum absolute atomic E-state index is 0.0227. The smallest absolute Gasteiger partial charge is 0.306 e. The first-order valence-corrected chi connectivity index (χ1v) is 9.73. The highest BCUT2D eigenvalue weighted by molar-refractivity contribution is 5.71. The van der Waals surface area contributed by atoms with E-state index in [1.807, 2.05) is 13.8 Å². The van der Waals surface area contributed by atoms with Crippen molar-refractivity contribution in [3.05, 3.63) is 51.6 Å². The van der Waals surface area contributed by atoms with E-state index in [1.54, 1.807) is 25.1 Å². The van der Waals surface area contributed by atoms with E-state index in [0.29, 0.717) is 29.6 Å². The lowest BCUT2D eigenvalue weighted by Crippen LogP contribution is -2.15. The molecule has 2 N–H and O–H groups in total. The number of benzene rings is 1. The monoisotopic (exact) mass is 420 g/mol. The van der Waals surface area contributed by atoms with Crippen LogP contribution in [0.5, 0.6) is 17.2 Å². The molecule has 0 aliphatic carbocycles. The average Bonchev–Trinajstić information content (AvgIpc) is 2.72. The van der Waals surface area contributed by atoms with E-state index in [0.717, 1.165) is 6.07 Å². The normalized spacial score (nSPS) is 11.9. The molecule has 2 aromatic rings. The van der Waals surface area contributed by atoms with Crippen LogP contribution in [-0.2, 0) is 16.1 Å². The number of carbonyl (C=O) groups is 1. The molecule has 1 heterocycles. The van der Waals surface area contributed by atoms with Gasteiger partial charge in [-0.3, -0.25) is 9.59 Å². The summed E-state index contributed by atoms with van der Waals surface area (Å²) in [6.07, 6.45) is -0.186. The Morgan fingerprint density at radius 3 is 2.53 bits per heavy atom. The van der Waals surface area contributed by atoms with Crippen molar-refractivity contribution in [3.8, 4) is 17.2 Å². The lowest BCUT2D eigenvalue weighted by Gasteiger charge is -2.19. The summed E-state index contributed by atoms with van der Waals surface area (Å²) in [5.74, 6) is -0.863. The van der Waals surface area contributed by atoms with Gasteiger partial charge < -0.3 is 28.8 Å². The van der Waals surface area contributed by atoms with E-state index in [9.17, 15) is 19.8 Å². The Balaban J connectivity index is 2.54. The van der Waals surface area contributed by atoms with Gasteiger partial charge >= 0.3 is 5.97 Å². The largest absolute Gasteiger partial charge is 0.502 e. The van der Waals surface area contributed by atoms with E-state index in [4.69, 9.17) is 18.6 Å². The SMILES string of the molecule is CCOC(=O)C[C@H](c1ccc(OCC(C)C)c(OC)c1)c1oc(CO)cc(=O)c1O.